The lowest BCUT2D eigenvalue weighted by Crippen LogP contribution is -2.45. The van der Waals surface area contributed by atoms with E-state index in [9.17, 15) is 0 Å². The molecule has 0 fully saturated rings. The molecule has 4 nitrogen and oxygen atoms in total. The van der Waals surface area contributed by atoms with Crippen molar-refractivity contribution in [2.75, 3.05) is 21.3 Å². The molecule has 53 valence electrons. The van der Waals surface area contributed by atoms with Gasteiger partial charge in [-0.3, -0.25) is 0 Å². The molecule has 6 heteroatoms. The monoisotopic (exact) mass is 165 g/mol. The van der Waals surface area contributed by atoms with Crippen molar-refractivity contribution in [1.29, 1.82) is 0 Å². The molecular weight excluding hydrogens is 156 g/mol. The highest BCUT2D eigenvalue weighted by atomic mass is 28.4. The van der Waals surface area contributed by atoms with E-state index < -0.39 is 9.05 Å². The van der Waals surface area contributed by atoms with Crippen LogP contribution in [0.1, 0.15) is 0 Å². The van der Waals surface area contributed by atoms with Gasteiger partial charge in [0.05, 0.1) is 0 Å². The van der Waals surface area contributed by atoms with Gasteiger partial charge in [-0.25, -0.2) is 0 Å². The highest BCUT2D eigenvalue weighted by Gasteiger charge is 2.39. The highest BCUT2D eigenvalue weighted by Crippen LogP contribution is 2.03. The van der Waals surface area contributed by atoms with Gasteiger partial charge in [-0.05, 0) is 0 Å². The summed E-state index contributed by atoms with van der Waals surface area (Å²) in [6.45, 7) is 0. The first-order valence-electron chi connectivity index (χ1n) is 2.25. The van der Waals surface area contributed by atoms with Crippen molar-refractivity contribution in [3.05, 3.63) is 0 Å². The second kappa shape index (κ2) is 4.15. The van der Waals surface area contributed by atoms with Crippen molar-refractivity contribution in [3.8, 4) is 0 Å². The zero-order chi connectivity index (χ0) is 7.33. The Morgan fingerprint density at radius 3 is 1.33 bits per heavy atom. The summed E-state index contributed by atoms with van der Waals surface area (Å²) >= 11 is 0. The maximum Gasteiger partial charge on any atom is 0.667 e. The predicted octanol–water partition coefficient (Wildman–Crippen LogP) is -0.539. The first kappa shape index (κ1) is 9.27. The van der Waals surface area contributed by atoms with E-state index in [-0.39, 0.29) is 0 Å². The fourth-order valence-electron chi connectivity index (χ4n) is 0.375. The highest BCUT2D eigenvalue weighted by molar-refractivity contribution is 6.57. The molecule has 0 bridgehead atoms. The second-order valence-electron chi connectivity index (χ2n) is 1.21. The zero-order valence-electron chi connectivity index (χ0n) is 5.63. The van der Waals surface area contributed by atoms with Crippen LogP contribution < -0.4 is 0 Å². The lowest BCUT2D eigenvalue weighted by atomic mass is 11.8. The lowest BCUT2D eigenvalue weighted by molar-refractivity contribution is 0.0544. The fourth-order valence-corrected chi connectivity index (χ4v) is 1.88. The Hall–Kier alpha value is 0.274. The van der Waals surface area contributed by atoms with E-state index in [0.29, 0.717) is 0 Å². The SMILES string of the molecule is CO[Si](OC)(OC)O[Si]. The number of hydrogen-bond donors (Lipinski definition) is 0. The Morgan fingerprint density at radius 1 is 1.00 bits per heavy atom. The van der Waals surface area contributed by atoms with E-state index in [0.717, 1.165) is 0 Å². The molecular formula is C3H9O4Si2. The maximum atomic E-state index is 4.81. The van der Waals surface area contributed by atoms with Gasteiger partial charge in [0.25, 0.3) is 0 Å². The van der Waals surface area contributed by atoms with E-state index in [2.05, 4.69) is 14.6 Å². The van der Waals surface area contributed by atoms with Crippen molar-refractivity contribution < 1.29 is 17.4 Å². The minimum absolute atomic E-state index is 1.46. The molecule has 0 unspecified atom stereocenters. The summed E-state index contributed by atoms with van der Waals surface area (Å²) in [5.41, 5.74) is 0. The fraction of sp³-hybridized carbons (Fsp3) is 1.00. The Kier molecular flexibility index (Phi) is 4.27. The third kappa shape index (κ3) is 2.16. The van der Waals surface area contributed by atoms with Gasteiger partial charge in [-0.15, -0.1) is 0 Å². The summed E-state index contributed by atoms with van der Waals surface area (Å²) in [6.07, 6.45) is 0. The molecule has 9 heavy (non-hydrogen) atoms. The molecule has 0 saturated heterocycles. The summed E-state index contributed by atoms with van der Waals surface area (Å²) in [7, 11) is 4.38. The minimum atomic E-state index is -2.78. The van der Waals surface area contributed by atoms with Crippen LogP contribution in [0.4, 0.5) is 0 Å². The van der Waals surface area contributed by atoms with E-state index >= 15 is 0 Å². The second-order valence-corrected chi connectivity index (χ2v) is 4.26. The van der Waals surface area contributed by atoms with Crippen molar-refractivity contribution >= 4 is 19.5 Å². The van der Waals surface area contributed by atoms with Crippen LogP contribution in [0.3, 0.4) is 0 Å². The summed E-state index contributed by atoms with van der Waals surface area (Å²) in [6, 6.07) is 0. The Labute approximate surface area is 59.1 Å². The van der Waals surface area contributed by atoms with Crippen LogP contribution in [-0.2, 0) is 17.4 Å². The summed E-state index contributed by atoms with van der Waals surface area (Å²) in [5.74, 6) is 0. The molecule has 3 radical (unpaired) electrons. The van der Waals surface area contributed by atoms with Gasteiger partial charge in [-0.2, -0.15) is 0 Å². The largest absolute Gasteiger partial charge is 0.667 e. The molecule has 0 saturated carbocycles. The molecule has 0 heterocycles. The average Bonchev–Trinajstić information content (AvgIpc) is 1.95. The molecule has 0 amide bonds. The van der Waals surface area contributed by atoms with Gasteiger partial charge < -0.3 is 17.4 Å². The zero-order valence-corrected chi connectivity index (χ0v) is 7.63. The van der Waals surface area contributed by atoms with Crippen LogP contribution >= 0.6 is 0 Å². The van der Waals surface area contributed by atoms with Gasteiger partial charge >= 0.3 is 9.05 Å². The van der Waals surface area contributed by atoms with Crippen LogP contribution in [0.15, 0.2) is 0 Å². The maximum absolute atomic E-state index is 4.81. The van der Waals surface area contributed by atoms with E-state index in [1.54, 1.807) is 0 Å². The predicted molar refractivity (Wildman–Crippen MR) is 33.6 cm³/mol. The molecule has 0 atom stereocenters. The topological polar surface area (TPSA) is 36.9 Å². The Bertz CT molecular complexity index is 56.7. The summed E-state index contributed by atoms with van der Waals surface area (Å²) in [5, 5.41) is 0. The van der Waals surface area contributed by atoms with Crippen LogP contribution in [-0.4, -0.2) is 40.9 Å². The quantitative estimate of drug-likeness (QED) is 0.524. The molecule has 0 rings (SSSR count). The smallest absolute Gasteiger partial charge is 0.394 e. The van der Waals surface area contributed by atoms with E-state index in [1.807, 2.05) is 0 Å². The Balaban J connectivity index is 3.82. The lowest BCUT2D eigenvalue weighted by Gasteiger charge is -2.20. The molecule has 0 spiro atoms. The molecule has 0 aliphatic heterocycles. The minimum Gasteiger partial charge on any atom is -0.394 e. The van der Waals surface area contributed by atoms with Gasteiger partial charge in [0.2, 0.25) is 10.5 Å². The molecule has 0 aromatic heterocycles. The van der Waals surface area contributed by atoms with Crippen molar-refractivity contribution in [2.24, 2.45) is 0 Å². The molecule has 0 aromatic carbocycles. The third-order valence-corrected chi connectivity index (χ3v) is 3.38. The molecule has 0 aromatic rings. The van der Waals surface area contributed by atoms with E-state index in [1.165, 1.54) is 21.3 Å². The van der Waals surface area contributed by atoms with Crippen molar-refractivity contribution in [3.63, 3.8) is 0 Å². The summed E-state index contributed by atoms with van der Waals surface area (Å²) < 4.78 is 19.1. The summed E-state index contributed by atoms with van der Waals surface area (Å²) in [4.78, 5) is 0. The number of hydrogen-bond acceptors (Lipinski definition) is 4. The van der Waals surface area contributed by atoms with Gasteiger partial charge in [0, 0.05) is 21.3 Å². The first-order valence-corrected chi connectivity index (χ1v) is 4.29. The van der Waals surface area contributed by atoms with Gasteiger partial charge in [0.15, 0.2) is 0 Å². The van der Waals surface area contributed by atoms with Crippen LogP contribution in [0, 0.1) is 0 Å². The van der Waals surface area contributed by atoms with Crippen LogP contribution in [0.25, 0.3) is 0 Å². The molecule has 0 N–H and O–H groups in total. The first-order chi connectivity index (χ1) is 4.24. The normalized spacial score (nSPS) is 12.0. The average molecular weight is 165 g/mol. The van der Waals surface area contributed by atoms with Crippen molar-refractivity contribution in [1.82, 2.24) is 0 Å². The Morgan fingerprint density at radius 2 is 1.33 bits per heavy atom. The van der Waals surface area contributed by atoms with Crippen LogP contribution in [0.2, 0.25) is 0 Å². The third-order valence-electron chi connectivity index (χ3n) is 0.875. The molecule has 0 aliphatic rings. The molecule has 0 aliphatic carbocycles. The number of rotatable bonds is 4. The van der Waals surface area contributed by atoms with Crippen LogP contribution in [0.5, 0.6) is 0 Å². The van der Waals surface area contributed by atoms with E-state index in [4.69, 9.17) is 13.3 Å². The van der Waals surface area contributed by atoms with Crippen molar-refractivity contribution in [2.45, 2.75) is 0 Å². The standard InChI is InChI=1S/C3H9O4Si2/c1-4-9(5-2,6-3)7-8/h1-3H3. The van der Waals surface area contributed by atoms with Gasteiger partial charge in [0.1, 0.15) is 0 Å². The van der Waals surface area contributed by atoms with Gasteiger partial charge in [-0.1, -0.05) is 0 Å².